The van der Waals surface area contributed by atoms with Crippen LogP contribution in [0.1, 0.15) is 61.1 Å². The molecule has 4 aliphatic rings. The lowest BCUT2D eigenvalue weighted by Crippen LogP contribution is -2.42. The molecule has 0 fully saturated rings. The van der Waals surface area contributed by atoms with Crippen LogP contribution < -0.4 is 0 Å². The largest absolute Gasteiger partial charge is 0.461 e. The van der Waals surface area contributed by atoms with Gasteiger partial charge in [0.05, 0.1) is 0 Å². The van der Waals surface area contributed by atoms with Gasteiger partial charge >= 0.3 is 11.9 Å². The number of rotatable bonds is 6. The molecule has 0 spiro atoms. The van der Waals surface area contributed by atoms with E-state index in [1.165, 1.54) is 23.3 Å². The highest BCUT2D eigenvalue weighted by Crippen LogP contribution is 2.22. The zero-order valence-corrected chi connectivity index (χ0v) is 29.8. The first-order valence-corrected chi connectivity index (χ1v) is 17.7. The van der Waals surface area contributed by atoms with Crippen LogP contribution in [-0.2, 0) is 45.2 Å². The Kier molecular flexibility index (Phi) is 13.3. The van der Waals surface area contributed by atoms with E-state index in [1.54, 1.807) is 0 Å². The molecular weight excluding hydrogens is 620 g/mol. The van der Waals surface area contributed by atoms with Crippen LogP contribution in [0.4, 0.5) is 0 Å². The van der Waals surface area contributed by atoms with Crippen molar-refractivity contribution in [1.29, 1.82) is 0 Å². The maximum atomic E-state index is 13.0. The fraction of sp³-hybridized carbons (Fsp3) is 0.318. The number of esters is 2. The van der Waals surface area contributed by atoms with Crippen molar-refractivity contribution in [2.45, 2.75) is 66.0 Å². The Hall–Kier alpha value is -4.78. The molecule has 6 heteroatoms. The van der Waals surface area contributed by atoms with Gasteiger partial charge in [0.2, 0.25) is 0 Å². The van der Waals surface area contributed by atoms with E-state index in [-0.39, 0.29) is 49.1 Å². The molecule has 0 saturated heterocycles. The number of nitrogens with zero attached hydrogens (tertiary/aromatic N) is 2. The van der Waals surface area contributed by atoms with Crippen molar-refractivity contribution in [2.75, 3.05) is 13.2 Å². The molecule has 4 aromatic carbocycles. The quantitative estimate of drug-likeness (QED) is 0.192. The number of ether oxygens (including phenoxy) is 2. The first-order chi connectivity index (χ1) is 24.2. The van der Waals surface area contributed by atoms with Gasteiger partial charge in [-0.05, 0) is 57.4 Å². The van der Waals surface area contributed by atoms with Crippen molar-refractivity contribution in [1.82, 2.24) is 9.80 Å². The summed E-state index contributed by atoms with van der Waals surface area (Å²) in [4.78, 5) is 30.7. The van der Waals surface area contributed by atoms with Crippen LogP contribution >= 0.6 is 0 Å². The molecule has 0 N–H and O–H groups in total. The van der Waals surface area contributed by atoms with Crippen LogP contribution in [0.5, 0.6) is 0 Å². The van der Waals surface area contributed by atoms with E-state index in [4.69, 9.17) is 9.47 Å². The van der Waals surface area contributed by atoms with Crippen LogP contribution in [0.2, 0.25) is 0 Å². The summed E-state index contributed by atoms with van der Waals surface area (Å²) in [6.45, 7) is 12.0. The van der Waals surface area contributed by atoms with Gasteiger partial charge in [0.1, 0.15) is 13.2 Å². The molecule has 6 nitrogen and oxygen atoms in total. The van der Waals surface area contributed by atoms with Crippen LogP contribution in [0, 0.1) is 11.8 Å². The molecule has 4 bridgehead atoms. The van der Waals surface area contributed by atoms with E-state index < -0.39 is 0 Å². The number of carbonyl (C=O) groups excluding carboxylic acids is 2. The second kappa shape index (κ2) is 18.3. The number of benzene rings is 4. The molecule has 0 unspecified atom stereocenters. The highest BCUT2D eigenvalue weighted by atomic mass is 16.5. The Morgan fingerprint density at radius 3 is 1.22 bits per heavy atom. The standard InChI is InChI=1S/C44H50N2O4/c1-33(2)41-31-49-43(47)25-23-36-17-21-40(22-18-36)30-46(28-38-13-9-6-10-14-38)42(34(3)4)32-50-44(48)26-24-35-15-19-39(20-16-35)29-45(41)27-37-11-7-5-8-12-37/h5-26,33-34,41-42H,27-32H2,1-4H3/b25-23-,26-24-/t41-,42-/m1/s1. The third-order valence-corrected chi connectivity index (χ3v) is 9.28. The Bertz CT molecular complexity index is 1570. The number of hydrogen-bond donors (Lipinski definition) is 0. The van der Waals surface area contributed by atoms with Crippen molar-refractivity contribution in [2.24, 2.45) is 11.8 Å². The lowest BCUT2D eigenvalue weighted by molar-refractivity contribution is -0.141. The molecule has 4 heterocycles. The molecular formula is C44H50N2O4. The van der Waals surface area contributed by atoms with E-state index in [1.807, 2.05) is 72.8 Å². The molecule has 0 amide bonds. The van der Waals surface area contributed by atoms with Crippen molar-refractivity contribution in [3.8, 4) is 0 Å². The van der Waals surface area contributed by atoms with Crippen LogP contribution in [0.25, 0.3) is 12.2 Å². The fourth-order valence-electron chi connectivity index (χ4n) is 6.35. The molecule has 8 rings (SSSR count). The highest BCUT2D eigenvalue weighted by molar-refractivity contribution is 5.87. The molecule has 0 aliphatic carbocycles. The summed E-state index contributed by atoms with van der Waals surface area (Å²) >= 11 is 0. The predicted molar refractivity (Wildman–Crippen MR) is 201 cm³/mol. The van der Waals surface area contributed by atoms with Gasteiger partial charge in [-0.1, -0.05) is 137 Å². The minimum Gasteiger partial charge on any atom is -0.461 e. The smallest absolute Gasteiger partial charge is 0.330 e. The zero-order chi connectivity index (χ0) is 35.3. The molecule has 0 aromatic heterocycles. The van der Waals surface area contributed by atoms with Crippen LogP contribution in [0.15, 0.2) is 121 Å². The SMILES string of the molecule is CC(C)[C@H]1COC(=O)/C=C\c2ccc(cc2)CN(Cc2ccccc2)[C@@H](C(C)C)COC(=O)/C=C\c2ccc(cc2)CN1Cc1ccccc1. The summed E-state index contributed by atoms with van der Waals surface area (Å²) in [7, 11) is 0. The van der Waals surface area contributed by atoms with Gasteiger partial charge < -0.3 is 9.47 Å². The number of carbonyl (C=O) groups is 2. The van der Waals surface area contributed by atoms with Crippen molar-refractivity contribution < 1.29 is 19.1 Å². The lowest BCUT2D eigenvalue weighted by atomic mass is 10.0. The Morgan fingerprint density at radius 2 is 0.880 bits per heavy atom. The summed E-state index contributed by atoms with van der Waals surface area (Å²) in [5, 5.41) is 0. The molecule has 4 aromatic rings. The predicted octanol–water partition coefficient (Wildman–Crippen LogP) is 8.57. The Labute approximate surface area is 298 Å². The van der Waals surface area contributed by atoms with Crippen molar-refractivity contribution >= 4 is 24.1 Å². The average Bonchev–Trinajstić information content (AvgIpc) is 3.11. The third kappa shape index (κ3) is 11.1. The first-order valence-electron chi connectivity index (χ1n) is 17.7. The summed E-state index contributed by atoms with van der Waals surface area (Å²) in [6.07, 6.45) is 6.65. The summed E-state index contributed by atoms with van der Waals surface area (Å²) < 4.78 is 11.8. The van der Waals surface area contributed by atoms with E-state index >= 15 is 0 Å². The van der Waals surface area contributed by atoms with Gasteiger partial charge in [-0.2, -0.15) is 0 Å². The summed E-state index contributed by atoms with van der Waals surface area (Å²) in [6, 6.07) is 37.2. The van der Waals surface area contributed by atoms with Crippen molar-refractivity contribution in [3.05, 3.63) is 155 Å². The summed E-state index contributed by atoms with van der Waals surface area (Å²) in [5.74, 6) is -0.222. The maximum absolute atomic E-state index is 13.0. The molecule has 0 radical (unpaired) electrons. The first kappa shape index (κ1) is 36.5. The van der Waals surface area contributed by atoms with E-state index in [0.717, 1.165) is 35.3 Å². The van der Waals surface area contributed by atoms with Gasteiger partial charge in [0.15, 0.2) is 0 Å². The van der Waals surface area contributed by atoms with E-state index in [0.29, 0.717) is 13.1 Å². The van der Waals surface area contributed by atoms with Crippen LogP contribution in [-0.4, -0.2) is 47.0 Å². The van der Waals surface area contributed by atoms with Gasteiger partial charge in [0, 0.05) is 50.4 Å². The fourth-order valence-corrected chi connectivity index (χ4v) is 6.35. The highest BCUT2D eigenvalue weighted by Gasteiger charge is 2.25. The van der Waals surface area contributed by atoms with Crippen molar-refractivity contribution in [3.63, 3.8) is 0 Å². The molecule has 2 atom stereocenters. The topological polar surface area (TPSA) is 59.1 Å². The average molecular weight is 671 g/mol. The molecule has 4 aliphatic heterocycles. The number of hydrogen-bond acceptors (Lipinski definition) is 6. The van der Waals surface area contributed by atoms with E-state index in [2.05, 4.69) is 86.0 Å². The van der Waals surface area contributed by atoms with Crippen LogP contribution in [0.3, 0.4) is 0 Å². The zero-order valence-electron chi connectivity index (χ0n) is 29.8. The second-order valence-corrected chi connectivity index (χ2v) is 13.8. The van der Waals surface area contributed by atoms with Gasteiger partial charge in [-0.3, -0.25) is 9.80 Å². The van der Waals surface area contributed by atoms with Gasteiger partial charge in [0.25, 0.3) is 0 Å². The minimum absolute atomic E-state index is 0.000206. The monoisotopic (exact) mass is 670 g/mol. The maximum Gasteiger partial charge on any atom is 0.330 e. The lowest BCUT2D eigenvalue weighted by Gasteiger charge is -2.34. The third-order valence-electron chi connectivity index (χ3n) is 9.28. The Morgan fingerprint density at radius 1 is 0.520 bits per heavy atom. The van der Waals surface area contributed by atoms with Gasteiger partial charge in [-0.25, -0.2) is 9.59 Å². The van der Waals surface area contributed by atoms with Gasteiger partial charge in [-0.15, -0.1) is 0 Å². The molecule has 50 heavy (non-hydrogen) atoms. The normalized spacial score (nSPS) is 20.0. The molecule has 260 valence electrons. The minimum atomic E-state index is -0.353. The second-order valence-electron chi connectivity index (χ2n) is 13.8. The Balaban J connectivity index is 1.43. The summed E-state index contributed by atoms with van der Waals surface area (Å²) in [5.41, 5.74) is 6.50. The molecule has 0 saturated carbocycles. The van der Waals surface area contributed by atoms with E-state index in [9.17, 15) is 9.59 Å².